The molecular weight excluding hydrogens is 238 g/mol. The zero-order valence-electron chi connectivity index (χ0n) is 11.2. The number of hydrogen-bond acceptors (Lipinski definition) is 3. The van der Waals surface area contributed by atoms with Crippen LogP contribution in [0.5, 0.6) is 17.2 Å². The number of methoxy groups -OCH3 is 1. The first-order valence-electron chi connectivity index (χ1n) is 5.97. The molecule has 96 valence electrons. The van der Waals surface area contributed by atoms with Crippen molar-refractivity contribution in [1.29, 1.82) is 5.26 Å². The first-order chi connectivity index (χ1) is 9.13. The number of rotatable bonds is 3. The van der Waals surface area contributed by atoms with Crippen molar-refractivity contribution in [3.05, 3.63) is 53.1 Å². The van der Waals surface area contributed by atoms with Gasteiger partial charge in [-0.3, -0.25) is 0 Å². The minimum atomic E-state index is 0.650. The molecule has 0 atom stereocenters. The van der Waals surface area contributed by atoms with Gasteiger partial charge in [0.15, 0.2) is 0 Å². The molecule has 3 heteroatoms. The van der Waals surface area contributed by atoms with Gasteiger partial charge in [-0.1, -0.05) is 0 Å². The van der Waals surface area contributed by atoms with Gasteiger partial charge in [0.1, 0.15) is 17.2 Å². The van der Waals surface area contributed by atoms with Crippen molar-refractivity contribution in [1.82, 2.24) is 0 Å². The average molecular weight is 253 g/mol. The minimum Gasteiger partial charge on any atom is -0.497 e. The lowest BCUT2D eigenvalue weighted by molar-refractivity contribution is 0.412. The van der Waals surface area contributed by atoms with Crippen molar-refractivity contribution in [2.75, 3.05) is 7.11 Å². The fourth-order valence-corrected chi connectivity index (χ4v) is 1.94. The Kier molecular flexibility index (Phi) is 3.72. The van der Waals surface area contributed by atoms with E-state index in [4.69, 9.17) is 14.7 Å². The Morgan fingerprint density at radius 3 is 1.95 bits per heavy atom. The van der Waals surface area contributed by atoms with Gasteiger partial charge in [0.2, 0.25) is 0 Å². The molecule has 0 unspecified atom stereocenters. The molecule has 0 heterocycles. The SMILES string of the molecule is COc1ccc(Oc2c(C)cc(C#N)cc2C)cc1. The first kappa shape index (κ1) is 13.0. The quantitative estimate of drug-likeness (QED) is 0.831. The van der Waals surface area contributed by atoms with Gasteiger partial charge in [0.05, 0.1) is 18.7 Å². The summed E-state index contributed by atoms with van der Waals surface area (Å²) in [6, 6.07) is 13.2. The number of nitrogens with zero attached hydrogens (tertiary/aromatic N) is 1. The highest BCUT2D eigenvalue weighted by molar-refractivity contribution is 5.49. The maximum absolute atomic E-state index is 8.92. The number of aryl methyl sites for hydroxylation is 2. The summed E-state index contributed by atoms with van der Waals surface area (Å²) in [7, 11) is 1.63. The molecule has 0 aliphatic rings. The molecule has 0 saturated carbocycles. The van der Waals surface area contributed by atoms with Gasteiger partial charge >= 0.3 is 0 Å². The van der Waals surface area contributed by atoms with Crippen molar-refractivity contribution < 1.29 is 9.47 Å². The average Bonchev–Trinajstić information content (AvgIpc) is 2.43. The molecule has 2 aromatic carbocycles. The van der Waals surface area contributed by atoms with E-state index in [-0.39, 0.29) is 0 Å². The highest BCUT2D eigenvalue weighted by Crippen LogP contribution is 2.30. The van der Waals surface area contributed by atoms with Crippen molar-refractivity contribution in [2.45, 2.75) is 13.8 Å². The molecule has 0 radical (unpaired) electrons. The second-order valence-corrected chi connectivity index (χ2v) is 4.33. The van der Waals surface area contributed by atoms with Gasteiger partial charge in [-0.2, -0.15) is 5.26 Å². The largest absolute Gasteiger partial charge is 0.497 e. The van der Waals surface area contributed by atoms with Crippen molar-refractivity contribution >= 4 is 0 Å². The summed E-state index contributed by atoms with van der Waals surface area (Å²) in [6.07, 6.45) is 0. The van der Waals surface area contributed by atoms with Crippen LogP contribution in [0.3, 0.4) is 0 Å². The lowest BCUT2D eigenvalue weighted by atomic mass is 10.1. The molecule has 2 aromatic rings. The lowest BCUT2D eigenvalue weighted by Gasteiger charge is -2.12. The maximum atomic E-state index is 8.92. The normalized spacial score (nSPS) is 9.79. The van der Waals surface area contributed by atoms with Gasteiger partial charge in [0, 0.05) is 0 Å². The molecule has 0 fully saturated rings. The summed E-state index contributed by atoms with van der Waals surface area (Å²) in [5.74, 6) is 2.33. The van der Waals surface area contributed by atoms with Crippen LogP contribution >= 0.6 is 0 Å². The van der Waals surface area contributed by atoms with E-state index in [1.165, 1.54) is 0 Å². The number of nitriles is 1. The highest BCUT2D eigenvalue weighted by Gasteiger charge is 2.07. The maximum Gasteiger partial charge on any atom is 0.133 e. The predicted molar refractivity (Wildman–Crippen MR) is 73.7 cm³/mol. The third-order valence-corrected chi connectivity index (χ3v) is 2.87. The molecule has 0 aliphatic heterocycles. The third-order valence-electron chi connectivity index (χ3n) is 2.87. The zero-order valence-corrected chi connectivity index (χ0v) is 11.2. The number of benzene rings is 2. The molecule has 0 amide bonds. The highest BCUT2D eigenvalue weighted by atomic mass is 16.5. The molecule has 0 N–H and O–H groups in total. The molecular formula is C16H15NO2. The fourth-order valence-electron chi connectivity index (χ4n) is 1.94. The van der Waals surface area contributed by atoms with E-state index in [1.807, 2.05) is 50.2 Å². The lowest BCUT2D eigenvalue weighted by Crippen LogP contribution is -1.93. The predicted octanol–water partition coefficient (Wildman–Crippen LogP) is 3.98. The number of ether oxygens (including phenoxy) is 2. The minimum absolute atomic E-state index is 0.650. The molecule has 0 spiro atoms. The van der Waals surface area contributed by atoms with E-state index in [9.17, 15) is 0 Å². The topological polar surface area (TPSA) is 42.2 Å². The van der Waals surface area contributed by atoms with Gasteiger partial charge in [-0.25, -0.2) is 0 Å². The van der Waals surface area contributed by atoms with E-state index < -0.39 is 0 Å². The smallest absolute Gasteiger partial charge is 0.133 e. The molecule has 0 aromatic heterocycles. The standard InChI is InChI=1S/C16H15NO2/c1-11-8-13(10-17)9-12(2)16(11)19-15-6-4-14(18-3)5-7-15/h4-9H,1-3H3. The summed E-state index contributed by atoms with van der Waals surface area (Å²) in [5.41, 5.74) is 2.55. The Morgan fingerprint density at radius 1 is 0.947 bits per heavy atom. The molecule has 3 nitrogen and oxygen atoms in total. The van der Waals surface area contributed by atoms with Crippen LogP contribution in [0.25, 0.3) is 0 Å². The van der Waals surface area contributed by atoms with Crippen LogP contribution in [-0.2, 0) is 0 Å². The van der Waals surface area contributed by atoms with Crippen molar-refractivity contribution in [2.24, 2.45) is 0 Å². The van der Waals surface area contributed by atoms with Crippen LogP contribution in [0.1, 0.15) is 16.7 Å². The monoisotopic (exact) mass is 253 g/mol. The van der Waals surface area contributed by atoms with Crippen molar-refractivity contribution in [3.63, 3.8) is 0 Å². The van der Waals surface area contributed by atoms with Crippen LogP contribution in [0.4, 0.5) is 0 Å². The Balaban J connectivity index is 2.30. The second kappa shape index (κ2) is 5.45. The van der Waals surface area contributed by atoms with E-state index in [0.29, 0.717) is 5.56 Å². The number of hydrogen-bond donors (Lipinski definition) is 0. The zero-order chi connectivity index (χ0) is 13.8. The van der Waals surface area contributed by atoms with Gasteiger partial charge in [-0.05, 0) is 61.4 Å². The van der Waals surface area contributed by atoms with Crippen LogP contribution in [0, 0.1) is 25.2 Å². The third kappa shape index (κ3) is 2.86. The summed E-state index contributed by atoms with van der Waals surface area (Å²) >= 11 is 0. The Morgan fingerprint density at radius 2 is 1.47 bits per heavy atom. The van der Waals surface area contributed by atoms with E-state index in [2.05, 4.69) is 6.07 Å². The molecule has 2 rings (SSSR count). The van der Waals surface area contributed by atoms with Crippen LogP contribution in [-0.4, -0.2) is 7.11 Å². The summed E-state index contributed by atoms with van der Waals surface area (Å²) in [6.45, 7) is 3.87. The van der Waals surface area contributed by atoms with Crippen LogP contribution in [0.2, 0.25) is 0 Å². The second-order valence-electron chi connectivity index (χ2n) is 4.33. The molecule has 0 aliphatic carbocycles. The Bertz CT molecular complexity index is 601. The summed E-state index contributed by atoms with van der Waals surface area (Å²) < 4.78 is 11.0. The molecule has 0 saturated heterocycles. The van der Waals surface area contributed by atoms with Crippen LogP contribution < -0.4 is 9.47 Å². The van der Waals surface area contributed by atoms with E-state index in [1.54, 1.807) is 7.11 Å². The first-order valence-corrected chi connectivity index (χ1v) is 5.97. The summed E-state index contributed by atoms with van der Waals surface area (Å²) in [4.78, 5) is 0. The van der Waals surface area contributed by atoms with Gasteiger partial charge in [-0.15, -0.1) is 0 Å². The van der Waals surface area contributed by atoms with Gasteiger partial charge in [0.25, 0.3) is 0 Å². The van der Waals surface area contributed by atoms with E-state index >= 15 is 0 Å². The molecule has 0 bridgehead atoms. The fraction of sp³-hybridized carbons (Fsp3) is 0.188. The Hall–Kier alpha value is -2.47. The van der Waals surface area contributed by atoms with Gasteiger partial charge < -0.3 is 9.47 Å². The van der Waals surface area contributed by atoms with Crippen molar-refractivity contribution in [3.8, 4) is 23.3 Å². The Labute approximate surface area is 113 Å². The van der Waals surface area contributed by atoms with Crippen LogP contribution in [0.15, 0.2) is 36.4 Å². The van der Waals surface area contributed by atoms with E-state index in [0.717, 1.165) is 28.4 Å². The molecule has 19 heavy (non-hydrogen) atoms. The summed E-state index contributed by atoms with van der Waals surface area (Å²) in [5, 5.41) is 8.92.